The largest absolute Gasteiger partial charge is 0.490 e. The predicted molar refractivity (Wildman–Crippen MR) is 163 cm³/mol. The molecular weight excluding hydrogens is 634 g/mol. The van der Waals surface area contributed by atoms with Crippen molar-refractivity contribution in [3.05, 3.63) is 108 Å². The van der Waals surface area contributed by atoms with Gasteiger partial charge >= 0.3 is 24.3 Å². The summed E-state index contributed by atoms with van der Waals surface area (Å²) in [7, 11) is 0. The van der Waals surface area contributed by atoms with E-state index in [4.69, 9.17) is 19.8 Å². The second-order valence-electron chi connectivity index (χ2n) is 10.2. The van der Waals surface area contributed by atoms with Crippen LogP contribution in [0.25, 0.3) is 10.8 Å². The number of benzene rings is 4. The third-order valence-electron chi connectivity index (χ3n) is 6.82. The Labute approximate surface area is 266 Å². The van der Waals surface area contributed by atoms with Crippen molar-refractivity contribution in [2.24, 2.45) is 0 Å². The Hall–Kier alpha value is -4.07. The molecule has 0 atom stereocenters. The van der Waals surface area contributed by atoms with Crippen LogP contribution in [0, 0.1) is 0 Å². The molecule has 0 aliphatic carbocycles. The summed E-state index contributed by atoms with van der Waals surface area (Å²) in [5.41, 5.74) is 2.80. The first-order chi connectivity index (χ1) is 21.7. The maximum Gasteiger partial charge on any atom is 0.490 e. The zero-order valence-corrected chi connectivity index (χ0v) is 25.2. The molecule has 0 radical (unpaired) electrons. The molecule has 0 bridgehead atoms. The highest BCUT2D eigenvalue weighted by Crippen LogP contribution is 2.32. The molecule has 0 aromatic heterocycles. The molecule has 4 aromatic rings. The molecule has 246 valence electrons. The number of fused-ring (bicyclic) bond motifs is 1. The van der Waals surface area contributed by atoms with Gasteiger partial charge in [0.1, 0.15) is 0 Å². The summed E-state index contributed by atoms with van der Waals surface area (Å²) < 4.78 is 63.5. The van der Waals surface area contributed by atoms with Gasteiger partial charge in [-0.05, 0) is 66.0 Å². The van der Waals surface area contributed by atoms with Crippen LogP contribution in [0.4, 0.5) is 26.3 Å². The first-order valence-electron chi connectivity index (χ1n) is 14.1. The molecule has 0 amide bonds. The predicted octanol–water partition coefficient (Wildman–Crippen LogP) is 8.01. The number of hydrogen-bond acceptors (Lipinski definition) is 5. The number of carboxylic acid groups (broad SMARTS) is 2. The molecule has 1 saturated heterocycles. The van der Waals surface area contributed by atoms with E-state index in [1.54, 1.807) is 0 Å². The van der Waals surface area contributed by atoms with Crippen molar-refractivity contribution in [2.45, 2.75) is 54.1 Å². The minimum atomic E-state index is -5.08. The van der Waals surface area contributed by atoms with E-state index < -0.39 is 24.3 Å². The summed E-state index contributed by atoms with van der Waals surface area (Å²) in [5, 5.41) is 20.7. The van der Waals surface area contributed by atoms with Crippen LogP contribution < -0.4 is 5.32 Å². The minimum Gasteiger partial charge on any atom is -0.475 e. The molecule has 46 heavy (non-hydrogen) atoms. The molecule has 0 spiro atoms. The van der Waals surface area contributed by atoms with Crippen LogP contribution in [-0.2, 0) is 22.7 Å². The fourth-order valence-electron chi connectivity index (χ4n) is 4.50. The smallest absolute Gasteiger partial charge is 0.475 e. The van der Waals surface area contributed by atoms with Gasteiger partial charge in [-0.1, -0.05) is 90.6 Å². The van der Waals surface area contributed by atoms with E-state index in [0.29, 0.717) is 6.04 Å². The number of hydrogen-bond donors (Lipinski definition) is 3. The Morgan fingerprint density at radius 2 is 1.26 bits per heavy atom. The average molecular weight is 667 g/mol. The first-order valence-corrected chi connectivity index (χ1v) is 14.9. The fraction of sp³-hybridized carbons (Fsp3) is 0.273. The molecule has 1 heterocycles. The van der Waals surface area contributed by atoms with Crippen molar-refractivity contribution in [2.75, 3.05) is 13.1 Å². The normalized spacial score (nSPS) is 14.0. The van der Waals surface area contributed by atoms with Crippen molar-refractivity contribution >= 4 is 34.5 Å². The molecule has 1 aliphatic heterocycles. The van der Waals surface area contributed by atoms with E-state index in [-0.39, 0.29) is 0 Å². The molecular formula is C33H32F6N2O4S. The molecule has 6 nitrogen and oxygen atoms in total. The lowest BCUT2D eigenvalue weighted by atomic mass is 10.0. The Morgan fingerprint density at radius 3 is 1.85 bits per heavy atom. The van der Waals surface area contributed by atoms with Crippen LogP contribution in [0.15, 0.2) is 107 Å². The number of carboxylic acids is 2. The average Bonchev–Trinajstić information content (AvgIpc) is 3.01. The monoisotopic (exact) mass is 666 g/mol. The zero-order chi connectivity index (χ0) is 33.7. The highest BCUT2D eigenvalue weighted by Gasteiger charge is 2.38. The summed E-state index contributed by atoms with van der Waals surface area (Å²) in [6.45, 7) is 4.33. The lowest BCUT2D eigenvalue weighted by Gasteiger charge is -2.32. The molecule has 0 unspecified atom stereocenters. The molecule has 5 rings (SSSR count). The van der Waals surface area contributed by atoms with E-state index in [2.05, 4.69) is 107 Å². The zero-order valence-electron chi connectivity index (χ0n) is 24.4. The van der Waals surface area contributed by atoms with Crippen LogP contribution >= 0.6 is 11.8 Å². The maximum atomic E-state index is 10.6. The van der Waals surface area contributed by atoms with Crippen LogP contribution in [0.2, 0.25) is 0 Å². The lowest BCUT2D eigenvalue weighted by Crippen LogP contribution is -2.41. The van der Waals surface area contributed by atoms with Gasteiger partial charge in [0.05, 0.1) is 0 Å². The van der Waals surface area contributed by atoms with Gasteiger partial charge in [0.15, 0.2) is 0 Å². The van der Waals surface area contributed by atoms with Gasteiger partial charge in [0, 0.05) is 28.9 Å². The second kappa shape index (κ2) is 17.0. The summed E-state index contributed by atoms with van der Waals surface area (Å²) in [5.74, 6) is -5.51. The van der Waals surface area contributed by atoms with Gasteiger partial charge in [-0.15, -0.1) is 0 Å². The SMILES string of the molecule is O=C(O)C(F)(F)F.O=C(O)C(F)(F)F.c1ccc(CN2CCC(NCc3ccccc3Sc3ccc4ccccc4c3)CC2)cc1. The summed E-state index contributed by atoms with van der Waals surface area (Å²) in [6.07, 6.45) is -7.74. The van der Waals surface area contributed by atoms with Gasteiger partial charge in [-0.25, -0.2) is 9.59 Å². The van der Waals surface area contributed by atoms with Gasteiger partial charge in [-0.3, -0.25) is 4.90 Å². The molecule has 1 fully saturated rings. The lowest BCUT2D eigenvalue weighted by molar-refractivity contribution is -0.193. The quantitative estimate of drug-likeness (QED) is 0.172. The maximum absolute atomic E-state index is 10.6. The van der Waals surface area contributed by atoms with Crippen LogP contribution in [-0.4, -0.2) is 58.5 Å². The highest BCUT2D eigenvalue weighted by molar-refractivity contribution is 7.99. The number of aliphatic carboxylic acids is 2. The van der Waals surface area contributed by atoms with E-state index in [1.165, 1.54) is 57.6 Å². The van der Waals surface area contributed by atoms with E-state index in [0.717, 1.165) is 13.1 Å². The number of piperidine rings is 1. The Morgan fingerprint density at radius 1 is 0.739 bits per heavy atom. The van der Waals surface area contributed by atoms with E-state index in [9.17, 15) is 26.3 Å². The van der Waals surface area contributed by atoms with E-state index in [1.807, 2.05) is 11.8 Å². The summed E-state index contributed by atoms with van der Waals surface area (Å²) in [4.78, 5) is 23.0. The van der Waals surface area contributed by atoms with Crippen molar-refractivity contribution in [1.82, 2.24) is 10.2 Å². The van der Waals surface area contributed by atoms with Gasteiger partial charge in [0.25, 0.3) is 0 Å². The Bertz CT molecular complexity index is 1540. The second-order valence-corrected chi connectivity index (χ2v) is 11.4. The topological polar surface area (TPSA) is 89.9 Å². The first kappa shape index (κ1) is 36.4. The number of rotatable bonds is 7. The standard InChI is InChI=1S/C29H30N2S.2C2HF3O2/c1-2-8-23(9-3-1)22-31-18-16-27(17-19-31)30-21-26-12-6-7-13-29(26)32-28-15-14-24-10-4-5-11-25(24)20-28;2*3-2(4,5)1(6)7/h1-15,20,27,30H,16-19,21-22H2;2*(H,6,7). The van der Waals surface area contributed by atoms with Crippen LogP contribution in [0.1, 0.15) is 24.0 Å². The number of carbonyl (C=O) groups is 2. The number of nitrogens with zero attached hydrogens (tertiary/aromatic N) is 1. The summed E-state index contributed by atoms with van der Waals surface area (Å²) in [6, 6.07) is 35.6. The molecule has 3 N–H and O–H groups in total. The van der Waals surface area contributed by atoms with Gasteiger partial charge in [-0.2, -0.15) is 26.3 Å². The number of nitrogens with one attached hydrogen (secondary N) is 1. The van der Waals surface area contributed by atoms with Gasteiger partial charge < -0.3 is 15.5 Å². The molecule has 1 aliphatic rings. The molecule has 4 aromatic carbocycles. The van der Waals surface area contributed by atoms with E-state index >= 15 is 0 Å². The van der Waals surface area contributed by atoms with Crippen molar-refractivity contribution in [3.63, 3.8) is 0 Å². The van der Waals surface area contributed by atoms with Crippen LogP contribution in [0.3, 0.4) is 0 Å². The van der Waals surface area contributed by atoms with Crippen molar-refractivity contribution in [1.29, 1.82) is 0 Å². The Kier molecular flexibility index (Phi) is 13.5. The Balaban J connectivity index is 0.000000345. The number of halogens is 6. The molecule has 0 saturated carbocycles. The number of likely N-dealkylation sites (tertiary alicyclic amines) is 1. The third-order valence-corrected chi connectivity index (χ3v) is 7.93. The number of alkyl halides is 6. The molecule has 13 heteroatoms. The highest BCUT2D eigenvalue weighted by atomic mass is 32.2. The third kappa shape index (κ3) is 12.4. The van der Waals surface area contributed by atoms with Crippen molar-refractivity contribution in [3.8, 4) is 0 Å². The van der Waals surface area contributed by atoms with Gasteiger partial charge in [0.2, 0.25) is 0 Å². The fourth-order valence-corrected chi connectivity index (χ4v) is 5.49. The minimum absolute atomic E-state index is 0.598. The summed E-state index contributed by atoms with van der Waals surface area (Å²) >= 11 is 1.87. The van der Waals surface area contributed by atoms with Crippen LogP contribution in [0.5, 0.6) is 0 Å². The van der Waals surface area contributed by atoms with Crippen molar-refractivity contribution < 1.29 is 46.1 Å².